The molecule has 0 N–H and O–H groups in total. The number of para-hydroxylation sites is 2. The van der Waals surface area contributed by atoms with Gasteiger partial charge in [-0.3, -0.25) is 0 Å². The highest BCUT2D eigenvalue weighted by Gasteiger charge is 2.50. The van der Waals surface area contributed by atoms with Crippen molar-refractivity contribution in [3.05, 3.63) is 280 Å². The first kappa shape index (κ1) is 55.4. The molecule has 2 nitrogen and oxygen atoms in total. The Kier molecular flexibility index (Phi) is 13.1. The van der Waals surface area contributed by atoms with Crippen molar-refractivity contribution in [3.8, 4) is 22.3 Å². The van der Waals surface area contributed by atoms with Gasteiger partial charge in [0.1, 0.15) is 22.3 Å². The van der Waals surface area contributed by atoms with Crippen LogP contribution in [0.3, 0.4) is 0 Å². The third kappa shape index (κ3) is 8.79. The van der Waals surface area contributed by atoms with E-state index in [2.05, 4.69) is 319 Å². The number of fused-ring (bicyclic) bond motifs is 14. The molecule has 2 aromatic heterocycles. The quantitative estimate of drug-likeness (QED) is 0.176. The molecule has 0 atom stereocenters. The second kappa shape index (κ2) is 19.7. The van der Waals surface area contributed by atoms with Gasteiger partial charge in [0.2, 0.25) is 0 Å². The van der Waals surface area contributed by atoms with Gasteiger partial charge in [0.25, 0.3) is 0 Å². The van der Waals surface area contributed by atoms with Crippen LogP contribution in [0.1, 0.15) is 150 Å². The Bertz CT molecular complexity index is 4410. The fraction of sp³-hybridized carbons (Fsp3) is 0.231. The van der Waals surface area contributed by atoms with E-state index in [0.29, 0.717) is 0 Å². The van der Waals surface area contributed by atoms with E-state index in [4.69, 9.17) is 8.83 Å². The molecule has 0 saturated carbocycles. The predicted molar refractivity (Wildman–Crippen MR) is 360 cm³/mol. The van der Waals surface area contributed by atoms with Crippen molar-refractivity contribution in [2.24, 2.45) is 0 Å². The summed E-state index contributed by atoms with van der Waals surface area (Å²) < 4.78 is 16.6. The van der Waals surface area contributed by atoms with E-state index in [1.165, 1.54) is 89.0 Å². The van der Waals surface area contributed by atoms with Gasteiger partial charge in [-0.1, -0.05) is 289 Å². The summed E-state index contributed by atoms with van der Waals surface area (Å²) in [7, 11) is 0. The Morgan fingerprint density at radius 2 is 0.675 bits per heavy atom. The van der Waals surface area contributed by atoms with E-state index in [-0.39, 0.29) is 21.7 Å². The minimum atomic E-state index is -0.531. The van der Waals surface area contributed by atoms with Crippen LogP contribution < -0.4 is 0 Å². The lowest BCUT2D eigenvalue weighted by Crippen LogP contribution is -2.29. The van der Waals surface area contributed by atoms with E-state index >= 15 is 0 Å². The fourth-order valence-electron chi connectivity index (χ4n) is 13.6. The Hall–Kier alpha value is -6.76. The number of hydrogen-bond donors (Lipinski definition) is 0. The van der Waals surface area contributed by atoms with Crippen molar-refractivity contribution in [1.82, 2.24) is 0 Å². The van der Waals surface area contributed by atoms with Gasteiger partial charge in [-0.05, 0) is 142 Å². The first-order chi connectivity index (χ1) is 39.4. The molecule has 0 amide bonds. The zero-order chi connectivity index (χ0) is 58.3. The summed E-state index contributed by atoms with van der Waals surface area (Å²) in [6.45, 7) is 27.3. The van der Waals surface area contributed by atoms with Crippen molar-refractivity contribution in [2.45, 2.75) is 116 Å². The molecule has 0 bridgehead atoms. The summed E-state index contributed by atoms with van der Waals surface area (Å²) in [4.78, 5) is 0. The van der Waals surface area contributed by atoms with Crippen molar-refractivity contribution >= 4 is 91.7 Å². The summed E-state index contributed by atoms with van der Waals surface area (Å²) in [5.41, 5.74) is 23.2. The topological polar surface area (TPSA) is 26.3 Å². The van der Waals surface area contributed by atoms with Gasteiger partial charge in [0, 0.05) is 46.1 Å². The minimum Gasteiger partial charge on any atom is -0.455 e. The van der Waals surface area contributed by atoms with Gasteiger partial charge in [-0.25, -0.2) is 0 Å². The van der Waals surface area contributed by atoms with Gasteiger partial charge in [-0.2, -0.15) is 0 Å². The summed E-state index contributed by atoms with van der Waals surface area (Å²) in [6, 6.07) is 74.4. The number of halogens is 3. The van der Waals surface area contributed by atoms with Crippen LogP contribution in [0.2, 0.25) is 0 Å². The maximum absolute atomic E-state index is 6.71. The van der Waals surface area contributed by atoms with Crippen molar-refractivity contribution < 1.29 is 8.83 Å². The molecular formula is C78H69Br3O2. The van der Waals surface area contributed by atoms with Gasteiger partial charge in [0.05, 0.1) is 10.8 Å². The second-order valence-corrected chi connectivity index (χ2v) is 29.9. The lowest BCUT2D eigenvalue weighted by molar-refractivity contribution is 0.588. The van der Waals surface area contributed by atoms with Crippen molar-refractivity contribution in [1.29, 1.82) is 0 Å². The zero-order valence-corrected chi connectivity index (χ0v) is 54.3. The van der Waals surface area contributed by atoms with Gasteiger partial charge in [0.15, 0.2) is 0 Å². The zero-order valence-electron chi connectivity index (χ0n) is 49.5. The monoisotopic (exact) mass is 1270 g/mol. The lowest BCUT2D eigenvalue weighted by atomic mass is 9.67. The molecule has 83 heavy (non-hydrogen) atoms. The van der Waals surface area contributed by atoms with Crippen LogP contribution in [0.4, 0.5) is 0 Å². The molecule has 0 unspecified atom stereocenters. The normalized spacial score (nSPS) is 14.4. The van der Waals surface area contributed by atoms with Crippen LogP contribution in [0.15, 0.2) is 222 Å². The number of benzene rings is 10. The molecule has 2 aliphatic carbocycles. The second-order valence-electron chi connectivity index (χ2n) is 27.2. The Morgan fingerprint density at radius 1 is 0.313 bits per heavy atom. The number of hydrogen-bond acceptors (Lipinski definition) is 2. The third-order valence-corrected chi connectivity index (χ3v) is 19.6. The standard InChI is InChI=1S/C39H34Br2O.C39H35BrO/c1-37(2,3)23-11-15-25(16-12-23)39(26-17-13-24(14-18-26)38(4,5)6)30-21-27(40)19-20-28(30)34-31(39)22-32(41)35-29-9-7-8-10-33(29)42-36(34)35;1-37(2,3)24-11-15-26(16-12-24)39(27-17-13-25(14-18-27)38(4,5)6)32-22-21-30-29-9-7-8-10-34(29)41-36(30)35(32)31-20-19-28(40)23-33(31)39/h7-22H,1-6H3;7-23H,1-6H3. The molecule has 414 valence electrons. The molecule has 14 rings (SSSR count). The molecule has 0 saturated heterocycles. The van der Waals surface area contributed by atoms with Crippen LogP contribution in [0, 0.1) is 0 Å². The van der Waals surface area contributed by atoms with E-state index in [1.54, 1.807) is 0 Å². The molecule has 0 spiro atoms. The first-order valence-electron chi connectivity index (χ1n) is 29.0. The summed E-state index contributed by atoms with van der Waals surface area (Å²) in [6.07, 6.45) is 0. The Balaban J connectivity index is 0.000000155. The largest absolute Gasteiger partial charge is 0.455 e. The highest BCUT2D eigenvalue weighted by atomic mass is 79.9. The molecule has 10 aromatic carbocycles. The van der Waals surface area contributed by atoms with E-state index < -0.39 is 10.8 Å². The maximum Gasteiger partial charge on any atom is 0.144 e. The predicted octanol–water partition coefficient (Wildman–Crippen LogP) is 23.4. The highest BCUT2D eigenvalue weighted by molar-refractivity contribution is 9.11. The number of furan rings is 2. The van der Waals surface area contributed by atoms with Gasteiger partial charge >= 0.3 is 0 Å². The Labute approximate surface area is 514 Å². The third-order valence-electron chi connectivity index (χ3n) is 18.0. The van der Waals surface area contributed by atoms with Crippen molar-refractivity contribution in [2.75, 3.05) is 0 Å². The average Bonchev–Trinajstić information content (AvgIpc) is 1.59. The van der Waals surface area contributed by atoms with Crippen LogP contribution in [-0.4, -0.2) is 0 Å². The maximum atomic E-state index is 6.71. The summed E-state index contributed by atoms with van der Waals surface area (Å²) in [5.74, 6) is 0. The molecule has 2 aliphatic rings. The first-order valence-corrected chi connectivity index (χ1v) is 31.4. The average molecular weight is 1280 g/mol. The van der Waals surface area contributed by atoms with E-state index in [0.717, 1.165) is 57.3 Å². The van der Waals surface area contributed by atoms with Gasteiger partial charge < -0.3 is 8.83 Å². The lowest BCUT2D eigenvalue weighted by Gasteiger charge is -2.35. The molecule has 0 fully saturated rings. The fourth-order valence-corrected chi connectivity index (χ4v) is 15.0. The Morgan fingerprint density at radius 3 is 1.10 bits per heavy atom. The van der Waals surface area contributed by atoms with E-state index in [1.807, 2.05) is 12.1 Å². The van der Waals surface area contributed by atoms with Crippen LogP contribution >= 0.6 is 47.8 Å². The summed E-state index contributed by atoms with van der Waals surface area (Å²) >= 11 is 11.7. The molecule has 2 heterocycles. The highest BCUT2D eigenvalue weighted by Crippen LogP contribution is 2.62. The van der Waals surface area contributed by atoms with Crippen molar-refractivity contribution in [3.63, 3.8) is 0 Å². The van der Waals surface area contributed by atoms with E-state index in [9.17, 15) is 0 Å². The smallest absolute Gasteiger partial charge is 0.144 e. The van der Waals surface area contributed by atoms with Crippen LogP contribution in [-0.2, 0) is 32.5 Å². The van der Waals surface area contributed by atoms with Crippen LogP contribution in [0.5, 0.6) is 0 Å². The molecule has 0 aliphatic heterocycles. The SMILES string of the molecule is CC(C)(C)c1ccc(C2(c3ccc(C(C)(C)C)cc3)c3cc(Br)ccc3-c3c2cc(Br)c2c3oc3ccccc32)cc1.CC(C)(C)c1ccc(C2(c3ccc(C(C)(C)C)cc3)c3cc(Br)ccc3-c3c2ccc2c3oc3ccccc32)cc1. The molecule has 12 aromatic rings. The minimum absolute atomic E-state index is 0.0675. The molecule has 5 heteroatoms. The molecule has 0 radical (unpaired) electrons. The summed E-state index contributed by atoms with van der Waals surface area (Å²) in [5, 5.41) is 4.57. The number of rotatable bonds is 4. The van der Waals surface area contributed by atoms with Gasteiger partial charge in [-0.15, -0.1) is 0 Å². The van der Waals surface area contributed by atoms with Crippen LogP contribution in [0.25, 0.3) is 66.1 Å². The molecular weight excluding hydrogens is 1210 g/mol.